The smallest absolute Gasteiger partial charge is 0.327 e. The number of carbonyl (C=O) groups excluding carboxylic acids is 4. The molecule has 0 bridgehead atoms. The highest BCUT2D eigenvalue weighted by Gasteiger charge is 2.31. The van der Waals surface area contributed by atoms with Crippen molar-refractivity contribution in [2.24, 2.45) is 17.4 Å². The summed E-state index contributed by atoms with van der Waals surface area (Å²) in [6.45, 7) is 3.79. The van der Waals surface area contributed by atoms with Gasteiger partial charge in [-0.3, -0.25) is 19.2 Å². The van der Waals surface area contributed by atoms with Crippen LogP contribution in [-0.4, -0.2) is 69.6 Å². The zero-order valence-corrected chi connectivity index (χ0v) is 22.3. The Morgan fingerprint density at radius 1 is 0.974 bits per heavy atom. The van der Waals surface area contributed by atoms with Gasteiger partial charge in [0.15, 0.2) is 0 Å². The third kappa shape index (κ3) is 9.06. The first-order chi connectivity index (χ1) is 17.9. The Kier molecular flexibility index (Phi) is 11.6. The second-order valence-corrected chi connectivity index (χ2v) is 9.87. The Morgan fingerprint density at radius 3 is 2.18 bits per heavy atom. The number of H-pyrrole nitrogens is 1. The average Bonchev–Trinajstić information content (AvgIpc) is 3.26. The quantitative estimate of drug-likeness (QED) is 0.141. The van der Waals surface area contributed by atoms with Crippen molar-refractivity contribution in [1.29, 1.82) is 0 Å². The van der Waals surface area contributed by atoms with Crippen LogP contribution >= 0.6 is 12.6 Å². The number of thiol groups is 1. The number of primary amides is 1. The lowest BCUT2D eigenvalue weighted by molar-refractivity contribution is -0.141. The first kappa shape index (κ1) is 30.6. The summed E-state index contributed by atoms with van der Waals surface area (Å²) in [5.41, 5.74) is 12.7. The third-order valence-corrected chi connectivity index (χ3v) is 6.27. The van der Waals surface area contributed by atoms with Crippen molar-refractivity contribution < 1.29 is 29.1 Å². The van der Waals surface area contributed by atoms with E-state index in [1.165, 1.54) is 0 Å². The number of hydrogen-bond donors (Lipinski definition) is 8. The van der Waals surface area contributed by atoms with Gasteiger partial charge in [0.2, 0.25) is 23.6 Å². The molecule has 0 saturated heterocycles. The summed E-state index contributed by atoms with van der Waals surface area (Å²) in [5, 5.41) is 17.7. The number of carboxylic acid groups (broad SMARTS) is 1. The second-order valence-electron chi connectivity index (χ2n) is 9.51. The van der Waals surface area contributed by atoms with Gasteiger partial charge in [0, 0.05) is 35.7 Å². The van der Waals surface area contributed by atoms with E-state index in [9.17, 15) is 29.1 Å². The van der Waals surface area contributed by atoms with Gasteiger partial charge in [-0.2, -0.15) is 12.6 Å². The van der Waals surface area contributed by atoms with Crippen molar-refractivity contribution in [1.82, 2.24) is 20.9 Å². The number of amides is 4. The molecule has 0 aliphatic rings. The predicted octanol–water partition coefficient (Wildman–Crippen LogP) is -0.182. The molecule has 0 fully saturated rings. The lowest BCUT2D eigenvalue weighted by Gasteiger charge is -2.25. The number of para-hydroxylation sites is 1. The van der Waals surface area contributed by atoms with E-state index in [4.69, 9.17) is 11.5 Å². The average molecular weight is 549 g/mol. The van der Waals surface area contributed by atoms with Crippen molar-refractivity contribution >= 4 is 53.1 Å². The SMILES string of the molecule is CC(C)CC(N)C(=O)NC(CCC(N)=O)C(=O)NC(Cc1c[nH]c2ccccc12)C(=O)NC(CS)C(=O)O. The van der Waals surface area contributed by atoms with Crippen LogP contribution in [0.15, 0.2) is 30.5 Å². The zero-order valence-electron chi connectivity index (χ0n) is 21.4. The predicted molar refractivity (Wildman–Crippen MR) is 145 cm³/mol. The Bertz CT molecular complexity index is 1150. The maximum atomic E-state index is 13.3. The fraction of sp³-hybridized carbons (Fsp3) is 0.480. The van der Waals surface area contributed by atoms with Gasteiger partial charge >= 0.3 is 5.97 Å². The van der Waals surface area contributed by atoms with E-state index in [1.807, 2.05) is 38.1 Å². The number of aromatic nitrogens is 1. The van der Waals surface area contributed by atoms with Crippen LogP contribution in [0.25, 0.3) is 10.9 Å². The molecule has 2 rings (SSSR count). The number of aromatic amines is 1. The number of rotatable bonds is 15. The van der Waals surface area contributed by atoms with Gasteiger partial charge in [-0.05, 0) is 30.4 Å². The largest absolute Gasteiger partial charge is 0.480 e. The summed E-state index contributed by atoms with van der Waals surface area (Å²) in [6, 6.07) is 2.79. The summed E-state index contributed by atoms with van der Waals surface area (Å²) in [5.74, 6) is -4.06. The van der Waals surface area contributed by atoms with Crippen LogP contribution in [0.1, 0.15) is 38.7 Å². The highest BCUT2D eigenvalue weighted by Crippen LogP contribution is 2.19. The van der Waals surface area contributed by atoms with Crippen molar-refractivity contribution in [3.63, 3.8) is 0 Å². The van der Waals surface area contributed by atoms with Crippen molar-refractivity contribution in [3.05, 3.63) is 36.0 Å². The minimum atomic E-state index is -1.28. The molecule has 4 atom stereocenters. The number of carboxylic acids is 1. The van der Waals surface area contributed by atoms with E-state index >= 15 is 0 Å². The van der Waals surface area contributed by atoms with Gasteiger partial charge < -0.3 is 37.5 Å². The first-order valence-corrected chi connectivity index (χ1v) is 12.9. The first-order valence-electron chi connectivity index (χ1n) is 12.3. The van der Waals surface area contributed by atoms with Crippen molar-refractivity contribution in [2.75, 3.05) is 5.75 Å². The van der Waals surface area contributed by atoms with E-state index in [1.54, 1.807) is 6.20 Å². The van der Waals surface area contributed by atoms with E-state index in [2.05, 4.69) is 33.6 Å². The second kappa shape index (κ2) is 14.4. The van der Waals surface area contributed by atoms with Crippen LogP contribution in [0.4, 0.5) is 0 Å². The normalized spacial score (nSPS) is 14.3. The zero-order chi connectivity index (χ0) is 28.4. The summed E-state index contributed by atoms with van der Waals surface area (Å²) in [4.78, 5) is 65.0. The highest BCUT2D eigenvalue weighted by atomic mass is 32.1. The number of aliphatic carboxylic acids is 1. The maximum Gasteiger partial charge on any atom is 0.327 e. The fourth-order valence-corrected chi connectivity index (χ4v) is 4.16. The van der Waals surface area contributed by atoms with Crippen molar-refractivity contribution in [3.8, 4) is 0 Å². The molecule has 2 aromatic rings. The highest BCUT2D eigenvalue weighted by molar-refractivity contribution is 7.80. The molecule has 0 radical (unpaired) electrons. The summed E-state index contributed by atoms with van der Waals surface area (Å²) < 4.78 is 0. The molecular formula is C25H36N6O6S. The molecule has 0 aliphatic heterocycles. The van der Waals surface area contributed by atoms with Crippen LogP contribution in [-0.2, 0) is 30.4 Å². The van der Waals surface area contributed by atoms with E-state index in [-0.39, 0.29) is 30.9 Å². The fourth-order valence-electron chi connectivity index (χ4n) is 3.91. The Balaban J connectivity index is 2.30. The van der Waals surface area contributed by atoms with Gasteiger partial charge in [0.05, 0.1) is 6.04 Å². The van der Waals surface area contributed by atoms with Gasteiger partial charge in [-0.1, -0.05) is 32.0 Å². The molecular weight excluding hydrogens is 512 g/mol. The van der Waals surface area contributed by atoms with E-state index < -0.39 is 53.8 Å². The van der Waals surface area contributed by atoms with Crippen LogP contribution < -0.4 is 27.4 Å². The number of fused-ring (bicyclic) bond motifs is 1. The maximum absolute atomic E-state index is 13.3. The lowest BCUT2D eigenvalue weighted by atomic mass is 10.0. The molecule has 4 amide bonds. The summed E-state index contributed by atoms with van der Waals surface area (Å²) >= 11 is 3.97. The number of carbonyl (C=O) groups is 5. The van der Waals surface area contributed by atoms with Crippen molar-refractivity contribution in [2.45, 2.75) is 63.7 Å². The Morgan fingerprint density at radius 2 is 1.58 bits per heavy atom. The van der Waals surface area contributed by atoms with Gasteiger partial charge in [0.1, 0.15) is 18.1 Å². The molecule has 0 spiro atoms. The molecule has 12 nitrogen and oxygen atoms in total. The number of hydrogen-bond acceptors (Lipinski definition) is 7. The minimum absolute atomic E-state index is 0.0177. The number of benzene rings is 1. The molecule has 9 N–H and O–H groups in total. The standard InChI is InChI=1S/C25H36N6O6S/c1-13(2)9-16(26)22(33)29-18(7-8-21(27)32)23(34)30-19(24(35)31-20(12-38)25(36)37)10-14-11-28-17-6-4-3-5-15(14)17/h3-6,11,13,16,18-20,28,38H,7-10,12,26H2,1-2H3,(H2,27,32)(H,29,33)(H,30,34)(H,31,35)(H,36,37). The molecule has 13 heteroatoms. The molecule has 4 unspecified atom stereocenters. The molecule has 208 valence electrons. The minimum Gasteiger partial charge on any atom is -0.480 e. The Labute approximate surface area is 226 Å². The molecule has 1 heterocycles. The Hall–Kier alpha value is -3.58. The molecule has 0 aliphatic carbocycles. The van der Waals surface area contributed by atoms with E-state index in [0.717, 1.165) is 10.9 Å². The molecule has 38 heavy (non-hydrogen) atoms. The monoisotopic (exact) mass is 548 g/mol. The topological polar surface area (TPSA) is 209 Å². The van der Waals surface area contributed by atoms with Crippen LogP contribution in [0, 0.1) is 5.92 Å². The molecule has 1 aromatic heterocycles. The molecule has 1 aromatic carbocycles. The van der Waals surface area contributed by atoms with Crippen LogP contribution in [0.5, 0.6) is 0 Å². The molecule has 0 saturated carbocycles. The number of nitrogens with one attached hydrogen (secondary N) is 4. The van der Waals surface area contributed by atoms with Crippen LogP contribution in [0.3, 0.4) is 0 Å². The van der Waals surface area contributed by atoms with E-state index in [0.29, 0.717) is 12.0 Å². The van der Waals surface area contributed by atoms with Gasteiger partial charge in [0.25, 0.3) is 0 Å². The number of nitrogens with two attached hydrogens (primary N) is 2. The van der Waals surface area contributed by atoms with Crippen LogP contribution in [0.2, 0.25) is 0 Å². The van der Waals surface area contributed by atoms with Gasteiger partial charge in [-0.25, -0.2) is 4.79 Å². The summed E-state index contributed by atoms with van der Waals surface area (Å²) in [6.07, 6.45) is 1.78. The third-order valence-electron chi connectivity index (χ3n) is 5.90. The lowest BCUT2D eigenvalue weighted by Crippen LogP contribution is -2.58. The summed E-state index contributed by atoms with van der Waals surface area (Å²) in [7, 11) is 0. The van der Waals surface area contributed by atoms with Gasteiger partial charge in [-0.15, -0.1) is 0 Å².